The van der Waals surface area contributed by atoms with Gasteiger partial charge in [-0.3, -0.25) is 0 Å². The molecule has 0 aromatic carbocycles. The zero-order valence-electron chi connectivity index (χ0n) is 10.6. The van der Waals surface area contributed by atoms with Crippen molar-refractivity contribution in [2.75, 3.05) is 13.2 Å². The van der Waals surface area contributed by atoms with Crippen molar-refractivity contribution in [1.29, 1.82) is 0 Å². The molecule has 0 fully saturated rings. The summed E-state index contributed by atoms with van der Waals surface area (Å²) in [6.07, 6.45) is 5.40. The Bertz CT molecular complexity index is 147. The van der Waals surface area contributed by atoms with Crippen LogP contribution in [0.15, 0.2) is 0 Å². The number of unbranched alkanes of at least 4 members (excludes halogenated alkanes) is 1. The quantitative estimate of drug-likeness (QED) is 0.549. The van der Waals surface area contributed by atoms with E-state index in [9.17, 15) is 0 Å². The van der Waals surface area contributed by atoms with Gasteiger partial charge in [-0.25, -0.2) is 0 Å². The van der Waals surface area contributed by atoms with E-state index >= 15 is 0 Å². The summed E-state index contributed by atoms with van der Waals surface area (Å²) in [5, 5.41) is 12.5. The zero-order chi connectivity index (χ0) is 11.7. The maximum absolute atomic E-state index is 8.88. The average Bonchev–Trinajstić information content (AvgIpc) is 2.25. The van der Waals surface area contributed by atoms with Crippen LogP contribution >= 0.6 is 0 Å². The van der Waals surface area contributed by atoms with Crippen LogP contribution in [0.1, 0.15) is 52.9 Å². The molecule has 0 aliphatic heterocycles. The number of nitrogens with one attached hydrogen (secondary N) is 1. The summed E-state index contributed by atoms with van der Waals surface area (Å²) >= 11 is 0. The molecule has 3 nitrogen and oxygen atoms in total. The van der Waals surface area contributed by atoms with Crippen LogP contribution < -0.4 is 11.1 Å². The molecule has 0 heterocycles. The standard InChI is InChI=1S/C12H28N2O/c1-4-6-8-12(5-2,10-13)14-11(3)7-9-15/h11,14-15H,4-10,13H2,1-3H3. The summed E-state index contributed by atoms with van der Waals surface area (Å²) < 4.78 is 0. The second kappa shape index (κ2) is 8.08. The first-order valence-electron chi connectivity index (χ1n) is 6.22. The van der Waals surface area contributed by atoms with Crippen LogP contribution in [0.25, 0.3) is 0 Å². The predicted molar refractivity (Wildman–Crippen MR) is 65.9 cm³/mol. The number of hydrogen-bond donors (Lipinski definition) is 3. The van der Waals surface area contributed by atoms with Crippen LogP contribution in [0.2, 0.25) is 0 Å². The van der Waals surface area contributed by atoms with Gasteiger partial charge in [0.05, 0.1) is 0 Å². The molecule has 0 saturated heterocycles. The molecule has 0 aromatic rings. The van der Waals surface area contributed by atoms with Gasteiger partial charge in [0.1, 0.15) is 0 Å². The van der Waals surface area contributed by atoms with Gasteiger partial charge in [0, 0.05) is 24.7 Å². The molecule has 2 unspecified atom stereocenters. The van der Waals surface area contributed by atoms with Crippen molar-refractivity contribution in [3.63, 3.8) is 0 Å². The lowest BCUT2D eigenvalue weighted by Gasteiger charge is -2.36. The van der Waals surface area contributed by atoms with Crippen LogP contribution in [0.5, 0.6) is 0 Å². The number of nitrogens with two attached hydrogens (primary N) is 1. The molecule has 0 aliphatic rings. The van der Waals surface area contributed by atoms with Crippen LogP contribution in [0.4, 0.5) is 0 Å². The third-order valence-electron chi connectivity index (χ3n) is 3.19. The Labute approximate surface area is 94.4 Å². The summed E-state index contributed by atoms with van der Waals surface area (Å²) in [5.41, 5.74) is 5.95. The maximum Gasteiger partial charge on any atom is 0.0445 e. The minimum atomic E-state index is 0.0740. The first-order chi connectivity index (χ1) is 7.14. The Morgan fingerprint density at radius 2 is 2.07 bits per heavy atom. The van der Waals surface area contributed by atoms with Crippen LogP contribution in [-0.4, -0.2) is 29.8 Å². The van der Waals surface area contributed by atoms with Crippen molar-refractivity contribution >= 4 is 0 Å². The Morgan fingerprint density at radius 1 is 1.40 bits per heavy atom. The second-order valence-corrected chi connectivity index (χ2v) is 4.50. The van der Waals surface area contributed by atoms with Crippen LogP contribution in [0, 0.1) is 0 Å². The molecule has 0 radical (unpaired) electrons. The van der Waals surface area contributed by atoms with E-state index in [1.165, 1.54) is 12.8 Å². The van der Waals surface area contributed by atoms with Gasteiger partial charge in [0.15, 0.2) is 0 Å². The fraction of sp³-hybridized carbons (Fsp3) is 1.00. The van der Waals surface area contributed by atoms with Gasteiger partial charge in [-0.15, -0.1) is 0 Å². The van der Waals surface area contributed by atoms with Crippen molar-refractivity contribution < 1.29 is 5.11 Å². The first kappa shape index (κ1) is 14.9. The highest BCUT2D eigenvalue weighted by atomic mass is 16.3. The van der Waals surface area contributed by atoms with Crippen molar-refractivity contribution in [1.82, 2.24) is 5.32 Å². The molecule has 15 heavy (non-hydrogen) atoms. The molecule has 3 heteroatoms. The number of rotatable bonds is 9. The lowest BCUT2D eigenvalue weighted by Crippen LogP contribution is -2.54. The molecule has 0 rings (SSSR count). The Kier molecular flexibility index (Phi) is 8.02. The summed E-state index contributed by atoms with van der Waals surface area (Å²) in [6, 6.07) is 0.343. The van der Waals surface area contributed by atoms with E-state index in [1.54, 1.807) is 0 Å². The maximum atomic E-state index is 8.88. The Balaban J connectivity index is 4.21. The van der Waals surface area contributed by atoms with Gasteiger partial charge in [-0.1, -0.05) is 26.7 Å². The molecular formula is C12H28N2O. The molecular weight excluding hydrogens is 188 g/mol. The second-order valence-electron chi connectivity index (χ2n) is 4.50. The molecule has 2 atom stereocenters. The lowest BCUT2D eigenvalue weighted by molar-refractivity contribution is 0.221. The van der Waals surface area contributed by atoms with Crippen LogP contribution in [0.3, 0.4) is 0 Å². The minimum absolute atomic E-state index is 0.0740. The molecule has 0 bridgehead atoms. The highest BCUT2D eigenvalue weighted by Gasteiger charge is 2.26. The van der Waals surface area contributed by atoms with E-state index in [-0.39, 0.29) is 12.1 Å². The van der Waals surface area contributed by atoms with Crippen molar-refractivity contribution in [2.24, 2.45) is 5.73 Å². The monoisotopic (exact) mass is 216 g/mol. The topological polar surface area (TPSA) is 58.3 Å². The fourth-order valence-corrected chi connectivity index (χ4v) is 1.96. The number of hydrogen-bond acceptors (Lipinski definition) is 3. The highest BCUT2D eigenvalue weighted by Crippen LogP contribution is 2.18. The normalized spacial score (nSPS) is 17.4. The third-order valence-corrected chi connectivity index (χ3v) is 3.19. The zero-order valence-corrected chi connectivity index (χ0v) is 10.6. The van der Waals surface area contributed by atoms with E-state index in [0.29, 0.717) is 12.6 Å². The molecule has 0 spiro atoms. The highest BCUT2D eigenvalue weighted by molar-refractivity contribution is 4.89. The molecule has 0 aromatic heterocycles. The van der Waals surface area contributed by atoms with Crippen molar-refractivity contribution in [2.45, 2.75) is 64.5 Å². The predicted octanol–water partition coefficient (Wildman–Crippen LogP) is 1.64. The van der Waals surface area contributed by atoms with E-state index in [1.807, 2.05) is 0 Å². The van der Waals surface area contributed by atoms with Crippen molar-refractivity contribution in [3.8, 4) is 0 Å². The van der Waals surface area contributed by atoms with E-state index in [0.717, 1.165) is 19.3 Å². The lowest BCUT2D eigenvalue weighted by atomic mass is 9.88. The Hall–Kier alpha value is -0.120. The van der Waals surface area contributed by atoms with Gasteiger partial charge in [-0.05, 0) is 26.2 Å². The Morgan fingerprint density at radius 3 is 2.47 bits per heavy atom. The molecule has 0 aliphatic carbocycles. The smallest absolute Gasteiger partial charge is 0.0445 e. The third kappa shape index (κ3) is 5.50. The van der Waals surface area contributed by atoms with E-state index in [2.05, 4.69) is 26.1 Å². The molecule has 92 valence electrons. The molecule has 0 amide bonds. The summed E-state index contributed by atoms with van der Waals surface area (Å²) in [6.45, 7) is 7.42. The average molecular weight is 216 g/mol. The fourth-order valence-electron chi connectivity index (χ4n) is 1.96. The van der Waals surface area contributed by atoms with Gasteiger partial charge in [-0.2, -0.15) is 0 Å². The van der Waals surface area contributed by atoms with Gasteiger partial charge in [0.2, 0.25) is 0 Å². The van der Waals surface area contributed by atoms with Gasteiger partial charge < -0.3 is 16.2 Å². The van der Waals surface area contributed by atoms with Crippen molar-refractivity contribution in [3.05, 3.63) is 0 Å². The molecule has 0 saturated carbocycles. The minimum Gasteiger partial charge on any atom is -0.396 e. The van der Waals surface area contributed by atoms with Gasteiger partial charge in [0.25, 0.3) is 0 Å². The summed E-state index contributed by atoms with van der Waals surface area (Å²) in [7, 11) is 0. The van der Waals surface area contributed by atoms with Crippen LogP contribution in [-0.2, 0) is 0 Å². The van der Waals surface area contributed by atoms with Gasteiger partial charge >= 0.3 is 0 Å². The first-order valence-corrected chi connectivity index (χ1v) is 6.22. The SMILES string of the molecule is CCCCC(CC)(CN)NC(C)CCO. The molecule has 4 N–H and O–H groups in total. The number of aliphatic hydroxyl groups is 1. The largest absolute Gasteiger partial charge is 0.396 e. The summed E-state index contributed by atoms with van der Waals surface area (Å²) in [5.74, 6) is 0. The van der Waals surface area contributed by atoms with E-state index < -0.39 is 0 Å². The van der Waals surface area contributed by atoms with E-state index in [4.69, 9.17) is 10.8 Å². The number of aliphatic hydroxyl groups excluding tert-OH is 1. The summed E-state index contributed by atoms with van der Waals surface area (Å²) in [4.78, 5) is 0.